The summed E-state index contributed by atoms with van der Waals surface area (Å²) in [4.78, 5) is 8.45. The zero-order chi connectivity index (χ0) is 9.40. The summed E-state index contributed by atoms with van der Waals surface area (Å²) in [6.07, 6.45) is 4.47. The molecule has 76 valence electrons. The molecule has 0 aliphatic rings. The van der Waals surface area contributed by atoms with Crippen LogP contribution in [0.15, 0.2) is 0 Å². The van der Waals surface area contributed by atoms with Crippen LogP contribution < -0.4 is 0 Å². The molecule has 0 aliphatic heterocycles. The van der Waals surface area contributed by atoms with Crippen molar-refractivity contribution in [3.8, 4) is 0 Å². The normalized spacial score (nSPS) is 14.7. The Labute approximate surface area is 103 Å². The standard InChI is InChI=1S/C8H19O3P.Na.H/c1-3-5-6-8(4-2)7-11-12(9)10;;/h8,12H,3-7H2,1-2H3,(H,9,10);;. The molecule has 2 atom stereocenters. The van der Waals surface area contributed by atoms with E-state index in [1.165, 1.54) is 12.8 Å². The monoisotopic (exact) mass is 218 g/mol. The van der Waals surface area contributed by atoms with Crippen LogP contribution in [-0.2, 0) is 9.09 Å². The van der Waals surface area contributed by atoms with Gasteiger partial charge in [-0.25, -0.2) is 0 Å². The van der Waals surface area contributed by atoms with E-state index in [4.69, 9.17) is 9.42 Å². The van der Waals surface area contributed by atoms with Crippen LogP contribution in [0.5, 0.6) is 0 Å². The van der Waals surface area contributed by atoms with Crippen molar-refractivity contribution in [1.29, 1.82) is 0 Å². The van der Waals surface area contributed by atoms with E-state index in [2.05, 4.69) is 13.8 Å². The van der Waals surface area contributed by atoms with Gasteiger partial charge in [0, 0.05) is 0 Å². The topological polar surface area (TPSA) is 46.5 Å². The van der Waals surface area contributed by atoms with Crippen molar-refractivity contribution in [2.75, 3.05) is 6.61 Å². The van der Waals surface area contributed by atoms with Crippen molar-refractivity contribution in [1.82, 2.24) is 0 Å². The Hall–Kier alpha value is 1.15. The summed E-state index contributed by atoms with van der Waals surface area (Å²) >= 11 is 0. The predicted octanol–water partition coefficient (Wildman–Crippen LogP) is 1.95. The second kappa shape index (κ2) is 11.2. The van der Waals surface area contributed by atoms with Crippen LogP contribution in [0.1, 0.15) is 39.5 Å². The molecule has 0 saturated heterocycles. The summed E-state index contributed by atoms with van der Waals surface area (Å²) in [5, 5.41) is 0. The maximum atomic E-state index is 10.3. The first kappa shape index (κ1) is 16.6. The number of hydrogen-bond donors (Lipinski definition) is 1. The van der Waals surface area contributed by atoms with Gasteiger partial charge in [0.15, 0.2) is 0 Å². The number of unbranched alkanes of at least 4 members (excludes halogenated alkanes) is 1. The van der Waals surface area contributed by atoms with Gasteiger partial charge in [-0.05, 0) is 12.3 Å². The van der Waals surface area contributed by atoms with E-state index in [1.807, 2.05) is 0 Å². The van der Waals surface area contributed by atoms with Crippen molar-refractivity contribution in [3.63, 3.8) is 0 Å². The third kappa shape index (κ3) is 11.1. The first-order valence-corrected chi connectivity index (χ1v) is 5.82. The molecule has 0 heterocycles. The van der Waals surface area contributed by atoms with Crippen LogP contribution in [-0.4, -0.2) is 41.1 Å². The quantitative estimate of drug-likeness (QED) is 0.524. The molecule has 0 radical (unpaired) electrons. The number of rotatable bonds is 7. The average Bonchev–Trinajstić information content (AvgIpc) is 2.05. The van der Waals surface area contributed by atoms with E-state index in [-0.39, 0.29) is 29.6 Å². The van der Waals surface area contributed by atoms with Gasteiger partial charge in [0.1, 0.15) is 0 Å². The fraction of sp³-hybridized carbons (Fsp3) is 1.00. The van der Waals surface area contributed by atoms with Crippen molar-refractivity contribution >= 4 is 37.8 Å². The minimum atomic E-state index is -2.71. The summed E-state index contributed by atoms with van der Waals surface area (Å²) in [6, 6.07) is 0. The Balaban J connectivity index is 0. The molecule has 3 nitrogen and oxygen atoms in total. The van der Waals surface area contributed by atoms with Gasteiger partial charge in [0.05, 0.1) is 6.61 Å². The van der Waals surface area contributed by atoms with E-state index in [9.17, 15) is 4.57 Å². The summed E-state index contributed by atoms with van der Waals surface area (Å²) in [5.41, 5.74) is 0. The minimum absolute atomic E-state index is 0. The van der Waals surface area contributed by atoms with Gasteiger partial charge >= 0.3 is 37.8 Å². The van der Waals surface area contributed by atoms with Crippen molar-refractivity contribution in [2.45, 2.75) is 39.5 Å². The molecule has 2 unspecified atom stereocenters. The molecule has 13 heavy (non-hydrogen) atoms. The summed E-state index contributed by atoms with van der Waals surface area (Å²) in [7, 11) is -2.71. The van der Waals surface area contributed by atoms with Gasteiger partial charge in [0.2, 0.25) is 0 Å². The molecule has 0 bridgehead atoms. The van der Waals surface area contributed by atoms with E-state index in [0.717, 1.165) is 12.8 Å². The summed E-state index contributed by atoms with van der Waals surface area (Å²) in [6.45, 7) is 4.66. The molecule has 0 aliphatic carbocycles. The predicted molar refractivity (Wildman–Crippen MR) is 57.6 cm³/mol. The molecule has 0 saturated carbocycles. The van der Waals surface area contributed by atoms with Crippen LogP contribution >= 0.6 is 8.25 Å². The maximum absolute atomic E-state index is 10.3. The Morgan fingerprint density at radius 3 is 2.46 bits per heavy atom. The van der Waals surface area contributed by atoms with Gasteiger partial charge in [-0.15, -0.1) is 0 Å². The first-order valence-electron chi connectivity index (χ1n) is 4.56. The van der Waals surface area contributed by atoms with Crippen LogP contribution in [0.2, 0.25) is 0 Å². The van der Waals surface area contributed by atoms with Gasteiger partial charge < -0.3 is 9.42 Å². The number of hydrogen-bond acceptors (Lipinski definition) is 2. The zero-order valence-corrected chi connectivity index (χ0v) is 8.88. The molecule has 5 heteroatoms. The fourth-order valence-corrected chi connectivity index (χ4v) is 1.47. The molecule has 0 fully saturated rings. The molecule has 0 spiro atoms. The third-order valence-corrected chi connectivity index (χ3v) is 2.40. The second-order valence-corrected chi connectivity index (χ2v) is 3.81. The zero-order valence-electron chi connectivity index (χ0n) is 7.88. The molecule has 1 N–H and O–H groups in total. The summed E-state index contributed by atoms with van der Waals surface area (Å²) in [5.74, 6) is 0.450. The van der Waals surface area contributed by atoms with Crippen LogP contribution in [0.25, 0.3) is 0 Å². The third-order valence-electron chi connectivity index (χ3n) is 1.99. The Kier molecular flexibility index (Phi) is 14.3. The van der Waals surface area contributed by atoms with Crippen molar-refractivity contribution in [3.05, 3.63) is 0 Å². The molecule has 0 amide bonds. The van der Waals surface area contributed by atoms with E-state index in [0.29, 0.717) is 12.5 Å². The van der Waals surface area contributed by atoms with Crippen LogP contribution in [0.3, 0.4) is 0 Å². The van der Waals surface area contributed by atoms with Gasteiger partial charge in [-0.2, -0.15) is 0 Å². The molecule has 0 aromatic rings. The SMILES string of the molecule is CCCCC(CC)CO[PH](=O)O.[NaH]. The van der Waals surface area contributed by atoms with Gasteiger partial charge in [-0.1, -0.05) is 33.1 Å². The Morgan fingerprint density at radius 1 is 1.46 bits per heavy atom. The average molecular weight is 218 g/mol. The first-order chi connectivity index (χ1) is 5.70. The van der Waals surface area contributed by atoms with Gasteiger partial charge in [-0.3, -0.25) is 4.57 Å². The Morgan fingerprint density at radius 2 is 2.08 bits per heavy atom. The molecule has 0 aromatic heterocycles. The second-order valence-electron chi connectivity index (χ2n) is 2.99. The van der Waals surface area contributed by atoms with Crippen LogP contribution in [0, 0.1) is 5.92 Å². The van der Waals surface area contributed by atoms with Crippen molar-refractivity contribution in [2.24, 2.45) is 5.92 Å². The van der Waals surface area contributed by atoms with E-state index >= 15 is 0 Å². The van der Waals surface area contributed by atoms with Gasteiger partial charge in [0.25, 0.3) is 0 Å². The van der Waals surface area contributed by atoms with E-state index in [1.54, 1.807) is 0 Å². The van der Waals surface area contributed by atoms with Crippen LogP contribution in [0.4, 0.5) is 0 Å². The van der Waals surface area contributed by atoms with E-state index < -0.39 is 8.25 Å². The fourth-order valence-electron chi connectivity index (χ4n) is 1.09. The van der Waals surface area contributed by atoms with Crippen molar-refractivity contribution < 1.29 is 14.0 Å². The summed E-state index contributed by atoms with van der Waals surface area (Å²) < 4.78 is 15.0. The Bertz CT molecular complexity index is 133. The molecule has 0 aromatic carbocycles. The molecule has 0 rings (SSSR count). The molecular weight excluding hydrogens is 198 g/mol. The molecular formula is C8H20NaO3P.